The van der Waals surface area contributed by atoms with E-state index < -0.39 is 0 Å². The standard InChI is InChI=1S/C18H16N4S2/c1-23-15-6-2-13(3-7-15)4-9-17-20-21-18(24-17)14-5-8-16-19-10-11-22(16)12-14/h2-3,5-8,10-12H,4,9H2,1H3. The van der Waals surface area contributed by atoms with Crippen molar-refractivity contribution in [3.05, 3.63) is 65.6 Å². The van der Waals surface area contributed by atoms with Crippen molar-refractivity contribution in [3.63, 3.8) is 0 Å². The van der Waals surface area contributed by atoms with E-state index in [-0.39, 0.29) is 0 Å². The second kappa shape index (κ2) is 6.75. The fraction of sp³-hybridized carbons (Fsp3) is 0.167. The van der Waals surface area contributed by atoms with Crippen LogP contribution in [0.3, 0.4) is 0 Å². The van der Waals surface area contributed by atoms with E-state index in [1.807, 2.05) is 28.9 Å². The molecule has 4 nitrogen and oxygen atoms in total. The Morgan fingerprint density at radius 2 is 1.92 bits per heavy atom. The molecule has 0 aliphatic rings. The second-order valence-corrected chi connectivity index (χ2v) is 7.40. The number of aryl methyl sites for hydroxylation is 2. The molecule has 0 aliphatic carbocycles. The highest BCUT2D eigenvalue weighted by atomic mass is 32.2. The number of fused-ring (bicyclic) bond motifs is 1. The van der Waals surface area contributed by atoms with E-state index in [1.165, 1.54) is 10.5 Å². The highest BCUT2D eigenvalue weighted by molar-refractivity contribution is 7.98. The van der Waals surface area contributed by atoms with Gasteiger partial charge in [0.2, 0.25) is 0 Å². The number of pyridine rings is 1. The first-order chi connectivity index (χ1) is 11.8. The summed E-state index contributed by atoms with van der Waals surface area (Å²) in [6.07, 6.45) is 9.80. The maximum absolute atomic E-state index is 4.35. The fourth-order valence-corrected chi connectivity index (χ4v) is 3.80. The minimum Gasteiger partial charge on any atom is -0.306 e. The number of imidazole rings is 1. The summed E-state index contributed by atoms with van der Waals surface area (Å²) in [6.45, 7) is 0. The molecule has 24 heavy (non-hydrogen) atoms. The molecule has 3 aromatic heterocycles. The van der Waals surface area contributed by atoms with E-state index in [0.29, 0.717) is 0 Å². The first kappa shape index (κ1) is 15.4. The van der Waals surface area contributed by atoms with Crippen LogP contribution in [0, 0.1) is 0 Å². The zero-order chi connectivity index (χ0) is 16.4. The summed E-state index contributed by atoms with van der Waals surface area (Å²) < 4.78 is 2.00. The van der Waals surface area contributed by atoms with Gasteiger partial charge in [-0.1, -0.05) is 23.5 Å². The van der Waals surface area contributed by atoms with Crippen LogP contribution in [0.2, 0.25) is 0 Å². The van der Waals surface area contributed by atoms with Gasteiger partial charge in [0, 0.05) is 35.5 Å². The maximum Gasteiger partial charge on any atom is 0.149 e. The summed E-state index contributed by atoms with van der Waals surface area (Å²) in [4.78, 5) is 5.56. The Kier molecular flexibility index (Phi) is 4.32. The Hall–Kier alpha value is -2.18. The molecule has 0 unspecified atom stereocenters. The number of thioether (sulfide) groups is 1. The van der Waals surface area contributed by atoms with Gasteiger partial charge in [-0.05, 0) is 42.5 Å². The molecule has 0 aliphatic heterocycles. The third-order valence-electron chi connectivity index (χ3n) is 3.89. The van der Waals surface area contributed by atoms with Gasteiger partial charge < -0.3 is 4.40 Å². The van der Waals surface area contributed by atoms with Gasteiger partial charge in [0.15, 0.2) is 0 Å². The largest absolute Gasteiger partial charge is 0.306 e. The zero-order valence-corrected chi connectivity index (χ0v) is 14.8. The number of rotatable bonds is 5. The number of hydrogen-bond donors (Lipinski definition) is 0. The van der Waals surface area contributed by atoms with Crippen LogP contribution < -0.4 is 0 Å². The lowest BCUT2D eigenvalue weighted by molar-refractivity contribution is 0.904. The lowest BCUT2D eigenvalue weighted by Crippen LogP contribution is -1.90. The zero-order valence-electron chi connectivity index (χ0n) is 13.2. The summed E-state index contributed by atoms with van der Waals surface area (Å²) in [5.74, 6) is 0. The molecule has 0 atom stereocenters. The fourth-order valence-electron chi connectivity index (χ4n) is 2.56. The predicted molar refractivity (Wildman–Crippen MR) is 99.7 cm³/mol. The van der Waals surface area contributed by atoms with Crippen LogP contribution in [0.4, 0.5) is 0 Å². The van der Waals surface area contributed by atoms with Crippen molar-refractivity contribution in [1.29, 1.82) is 0 Å². The highest BCUT2D eigenvalue weighted by Crippen LogP contribution is 2.25. The van der Waals surface area contributed by atoms with Gasteiger partial charge in [0.25, 0.3) is 0 Å². The summed E-state index contributed by atoms with van der Waals surface area (Å²) >= 11 is 3.43. The average molecular weight is 352 g/mol. The van der Waals surface area contributed by atoms with E-state index >= 15 is 0 Å². The first-order valence-electron chi connectivity index (χ1n) is 7.70. The Balaban J connectivity index is 1.47. The van der Waals surface area contributed by atoms with Gasteiger partial charge in [-0.15, -0.1) is 22.0 Å². The molecule has 1 aromatic carbocycles. The molecule has 0 saturated heterocycles. The van der Waals surface area contributed by atoms with Crippen molar-refractivity contribution in [1.82, 2.24) is 19.6 Å². The molecular formula is C18H16N4S2. The lowest BCUT2D eigenvalue weighted by Gasteiger charge is -2.00. The smallest absolute Gasteiger partial charge is 0.149 e. The van der Waals surface area contributed by atoms with Gasteiger partial charge >= 0.3 is 0 Å². The van der Waals surface area contributed by atoms with E-state index in [2.05, 4.69) is 45.7 Å². The topological polar surface area (TPSA) is 43.1 Å². The SMILES string of the molecule is CSc1ccc(CCc2nnc(-c3ccc4nccn4c3)s2)cc1. The molecule has 3 heterocycles. The molecular weight excluding hydrogens is 336 g/mol. The van der Waals surface area contributed by atoms with Crippen LogP contribution >= 0.6 is 23.1 Å². The quantitative estimate of drug-likeness (QED) is 0.501. The summed E-state index contributed by atoms with van der Waals surface area (Å²) in [5, 5.41) is 10.7. The molecule has 6 heteroatoms. The minimum absolute atomic E-state index is 0.920. The van der Waals surface area contributed by atoms with Crippen molar-refractivity contribution in [2.24, 2.45) is 0 Å². The van der Waals surface area contributed by atoms with Gasteiger partial charge in [0.05, 0.1) is 0 Å². The van der Waals surface area contributed by atoms with Gasteiger partial charge in [0.1, 0.15) is 15.7 Å². The molecule has 0 amide bonds. The minimum atomic E-state index is 0.920. The molecule has 0 spiro atoms. The molecule has 0 fully saturated rings. The van der Waals surface area contributed by atoms with Crippen molar-refractivity contribution in [3.8, 4) is 10.6 Å². The number of benzene rings is 1. The van der Waals surface area contributed by atoms with E-state index in [9.17, 15) is 0 Å². The van der Waals surface area contributed by atoms with Crippen LogP contribution in [-0.2, 0) is 12.8 Å². The average Bonchev–Trinajstić information content (AvgIpc) is 3.29. The molecule has 120 valence electrons. The van der Waals surface area contributed by atoms with Crippen LogP contribution in [0.1, 0.15) is 10.6 Å². The summed E-state index contributed by atoms with van der Waals surface area (Å²) in [6, 6.07) is 12.8. The first-order valence-corrected chi connectivity index (χ1v) is 9.74. The van der Waals surface area contributed by atoms with E-state index in [4.69, 9.17) is 0 Å². The molecule has 0 N–H and O–H groups in total. The second-order valence-electron chi connectivity index (χ2n) is 5.46. The highest BCUT2D eigenvalue weighted by Gasteiger charge is 2.08. The monoisotopic (exact) mass is 352 g/mol. The van der Waals surface area contributed by atoms with Crippen LogP contribution in [0.5, 0.6) is 0 Å². The molecule has 0 bridgehead atoms. The van der Waals surface area contributed by atoms with Crippen LogP contribution in [-0.4, -0.2) is 25.8 Å². The molecule has 4 aromatic rings. The van der Waals surface area contributed by atoms with Crippen LogP contribution in [0.15, 0.2) is 59.9 Å². The number of hydrogen-bond acceptors (Lipinski definition) is 5. The third kappa shape index (κ3) is 3.20. The third-order valence-corrected chi connectivity index (χ3v) is 5.66. The van der Waals surface area contributed by atoms with Crippen molar-refractivity contribution in [2.45, 2.75) is 17.7 Å². The van der Waals surface area contributed by atoms with Crippen LogP contribution in [0.25, 0.3) is 16.2 Å². The Labute approximate surface area is 148 Å². The lowest BCUT2D eigenvalue weighted by atomic mass is 10.1. The normalized spacial score (nSPS) is 11.2. The summed E-state index contributed by atoms with van der Waals surface area (Å²) in [7, 11) is 0. The molecule has 4 rings (SSSR count). The molecule has 0 saturated carbocycles. The van der Waals surface area contributed by atoms with E-state index in [1.54, 1.807) is 29.3 Å². The number of aromatic nitrogens is 4. The van der Waals surface area contributed by atoms with E-state index in [0.717, 1.165) is 34.1 Å². The van der Waals surface area contributed by atoms with Crippen molar-refractivity contribution in [2.75, 3.05) is 6.26 Å². The molecule has 0 radical (unpaired) electrons. The van der Waals surface area contributed by atoms with Gasteiger partial charge in [-0.3, -0.25) is 0 Å². The predicted octanol–water partition coefficient (Wildman–Crippen LogP) is 4.36. The van der Waals surface area contributed by atoms with Gasteiger partial charge in [-0.2, -0.15) is 0 Å². The number of nitrogens with zero attached hydrogens (tertiary/aromatic N) is 4. The summed E-state index contributed by atoms with van der Waals surface area (Å²) in [5.41, 5.74) is 3.36. The maximum atomic E-state index is 4.35. The van der Waals surface area contributed by atoms with Crippen molar-refractivity contribution >= 4 is 28.7 Å². The van der Waals surface area contributed by atoms with Gasteiger partial charge in [-0.25, -0.2) is 4.98 Å². The Morgan fingerprint density at radius 3 is 2.75 bits per heavy atom. The Bertz CT molecular complexity index is 956. The van der Waals surface area contributed by atoms with Crippen molar-refractivity contribution < 1.29 is 0 Å². The Morgan fingerprint density at radius 1 is 1.04 bits per heavy atom.